The van der Waals surface area contributed by atoms with E-state index in [1.807, 2.05) is 12.1 Å². The molecule has 0 aliphatic rings. The van der Waals surface area contributed by atoms with E-state index < -0.39 is 5.41 Å². The molecular weight excluding hydrogens is 261 g/mol. The third-order valence-electron chi connectivity index (χ3n) is 2.39. The summed E-state index contributed by atoms with van der Waals surface area (Å²) in [5.41, 5.74) is 5.61. The Morgan fingerprint density at radius 3 is 2.76 bits per heavy atom. The maximum atomic E-state index is 11.1. The van der Waals surface area contributed by atoms with Crippen LogP contribution < -0.4 is 11.1 Å². The van der Waals surface area contributed by atoms with Crippen LogP contribution in [0, 0.1) is 5.41 Å². The van der Waals surface area contributed by atoms with Crippen molar-refractivity contribution in [1.29, 1.82) is 0 Å². The lowest BCUT2D eigenvalue weighted by atomic mass is 9.93. The smallest absolute Gasteiger partial charge is 0.224 e. The number of nitrogens with one attached hydrogen (secondary N) is 1. The molecule has 3 N–H and O–H groups in total. The first-order chi connectivity index (χ1) is 7.43. The van der Waals surface area contributed by atoms with Crippen LogP contribution in [0.5, 0.6) is 0 Å². The molecule has 0 atom stereocenters. The number of hydrogen-bond acceptors (Lipinski definition) is 3. The van der Waals surface area contributed by atoms with Crippen molar-refractivity contribution < 1.29 is 4.79 Å². The maximum absolute atomic E-state index is 11.1. The molecule has 0 fully saturated rings. The second kappa shape index (κ2) is 6.79. The largest absolute Gasteiger partial charge is 0.369 e. The fourth-order valence-corrected chi connectivity index (χ4v) is 1.33. The fraction of sp³-hybridized carbons (Fsp3) is 0.455. The lowest BCUT2D eigenvalue weighted by Crippen LogP contribution is -2.40. The number of carbonyl (C=O) groups excluding carboxylic acids is 1. The third-order valence-corrected chi connectivity index (χ3v) is 2.73. The van der Waals surface area contributed by atoms with E-state index in [4.69, 9.17) is 17.3 Å². The molecule has 0 saturated heterocycles. The molecule has 1 amide bonds. The summed E-state index contributed by atoms with van der Waals surface area (Å²) in [6.07, 6.45) is 1.64. The molecule has 0 bridgehead atoms. The van der Waals surface area contributed by atoms with Gasteiger partial charge in [0.05, 0.1) is 5.41 Å². The Balaban J connectivity index is 0.00000256. The first kappa shape index (κ1) is 16.2. The van der Waals surface area contributed by atoms with Crippen LogP contribution in [-0.4, -0.2) is 17.4 Å². The van der Waals surface area contributed by atoms with Crippen LogP contribution in [0.2, 0.25) is 5.15 Å². The van der Waals surface area contributed by atoms with E-state index in [2.05, 4.69) is 10.3 Å². The summed E-state index contributed by atoms with van der Waals surface area (Å²) in [5, 5.41) is 3.62. The van der Waals surface area contributed by atoms with Crippen LogP contribution in [0.4, 0.5) is 0 Å². The predicted molar refractivity (Wildman–Crippen MR) is 71.2 cm³/mol. The highest BCUT2D eigenvalue weighted by Gasteiger charge is 2.24. The van der Waals surface area contributed by atoms with E-state index in [9.17, 15) is 4.79 Å². The van der Waals surface area contributed by atoms with Crippen molar-refractivity contribution in [3.63, 3.8) is 0 Å². The third kappa shape index (κ3) is 4.89. The molecule has 0 saturated carbocycles. The Bertz CT molecular complexity index is 383. The second-order valence-electron chi connectivity index (χ2n) is 4.31. The number of halogens is 2. The summed E-state index contributed by atoms with van der Waals surface area (Å²) in [6.45, 7) is 4.68. The van der Waals surface area contributed by atoms with Gasteiger partial charge in [-0.1, -0.05) is 17.7 Å². The molecule has 1 rings (SSSR count). The van der Waals surface area contributed by atoms with E-state index in [-0.39, 0.29) is 18.3 Å². The molecule has 0 aliphatic carbocycles. The highest BCUT2D eigenvalue weighted by atomic mass is 35.5. The van der Waals surface area contributed by atoms with Gasteiger partial charge in [0, 0.05) is 24.8 Å². The van der Waals surface area contributed by atoms with Crippen molar-refractivity contribution in [1.82, 2.24) is 10.3 Å². The van der Waals surface area contributed by atoms with Gasteiger partial charge in [-0.2, -0.15) is 0 Å². The van der Waals surface area contributed by atoms with Gasteiger partial charge in [0.15, 0.2) is 0 Å². The Labute approximate surface area is 112 Å². The summed E-state index contributed by atoms with van der Waals surface area (Å²) in [7, 11) is 0. The summed E-state index contributed by atoms with van der Waals surface area (Å²) in [6, 6.07) is 3.71. The quantitative estimate of drug-likeness (QED) is 0.806. The van der Waals surface area contributed by atoms with E-state index >= 15 is 0 Å². The van der Waals surface area contributed by atoms with Crippen molar-refractivity contribution in [2.45, 2.75) is 20.4 Å². The number of rotatable bonds is 5. The molecule has 1 aromatic heterocycles. The lowest BCUT2D eigenvalue weighted by molar-refractivity contribution is -0.125. The summed E-state index contributed by atoms with van der Waals surface area (Å²) in [5.74, 6) is -0.322. The molecule has 0 spiro atoms. The maximum Gasteiger partial charge on any atom is 0.224 e. The molecule has 1 aromatic rings. The van der Waals surface area contributed by atoms with Crippen molar-refractivity contribution >= 4 is 29.9 Å². The average Bonchev–Trinajstić information content (AvgIpc) is 2.20. The van der Waals surface area contributed by atoms with Gasteiger partial charge in [0.25, 0.3) is 0 Å². The number of nitrogens with zero attached hydrogens (tertiary/aromatic N) is 1. The molecule has 6 heteroatoms. The lowest BCUT2D eigenvalue weighted by Gasteiger charge is -2.20. The molecule has 96 valence electrons. The van der Waals surface area contributed by atoms with Gasteiger partial charge in [0.2, 0.25) is 5.91 Å². The van der Waals surface area contributed by atoms with Crippen LogP contribution in [0.15, 0.2) is 18.3 Å². The van der Waals surface area contributed by atoms with Crippen molar-refractivity contribution in [2.24, 2.45) is 11.1 Å². The van der Waals surface area contributed by atoms with Gasteiger partial charge in [-0.05, 0) is 19.9 Å². The Kier molecular flexibility index (Phi) is 6.45. The molecule has 0 unspecified atom stereocenters. The zero-order valence-corrected chi connectivity index (χ0v) is 11.4. The predicted octanol–water partition coefficient (Wildman–Crippen LogP) is 1.76. The van der Waals surface area contributed by atoms with E-state index in [1.54, 1.807) is 20.0 Å². The minimum atomic E-state index is -0.561. The van der Waals surface area contributed by atoms with Crippen LogP contribution >= 0.6 is 24.0 Å². The average molecular weight is 278 g/mol. The van der Waals surface area contributed by atoms with Gasteiger partial charge < -0.3 is 11.1 Å². The number of hydrogen-bond donors (Lipinski definition) is 2. The van der Waals surface area contributed by atoms with Crippen LogP contribution in [0.1, 0.15) is 19.4 Å². The zero-order valence-electron chi connectivity index (χ0n) is 9.87. The molecule has 0 aliphatic heterocycles. The van der Waals surface area contributed by atoms with Crippen LogP contribution in [0.3, 0.4) is 0 Å². The van der Waals surface area contributed by atoms with Crippen molar-refractivity contribution in [2.75, 3.05) is 6.54 Å². The first-order valence-electron chi connectivity index (χ1n) is 5.03. The summed E-state index contributed by atoms with van der Waals surface area (Å²) in [4.78, 5) is 15.0. The van der Waals surface area contributed by atoms with Crippen LogP contribution in [0.25, 0.3) is 0 Å². The van der Waals surface area contributed by atoms with E-state index in [1.165, 1.54) is 0 Å². The minimum Gasteiger partial charge on any atom is -0.369 e. The topological polar surface area (TPSA) is 68.0 Å². The molecule has 1 heterocycles. The number of carbonyl (C=O) groups is 1. The van der Waals surface area contributed by atoms with Gasteiger partial charge >= 0.3 is 0 Å². The normalized spacial score (nSPS) is 10.8. The number of primary amides is 1. The minimum absolute atomic E-state index is 0. The molecular formula is C11H17Cl2N3O. The van der Waals surface area contributed by atoms with Gasteiger partial charge in [-0.3, -0.25) is 4.79 Å². The van der Waals surface area contributed by atoms with E-state index in [0.29, 0.717) is 18.2 Å². The van der Waals surface area contributed by atoms with Gasteiger partial charge in [-0.15, -0.1) is 12.4 Å². The summed E-state index contributed by atoms with van der Waals surface area (Å²) < 4.78 is 0. The number of amides is 1. The fourth-order valence-electron chi connectivity index (χ4n) is 1.15. The summed E-state index contributed by atoms with van der Waals surface area (Å²) >= 11 is 5.89. The number of pyridine rings is 1. The van der Waals surface area contributed by atoms with Crippen molar-refractivity contribution in [3.8, 4) is 0 Å². The van der Waals surface area contributed by atoms with E-state index in [0.717, 1.165) is 5.56 Å². The van der Waals surface area contributed by atoms with Crippen LogP contribution in [-0.2, 0) is 11.3 Å². The zero-order chi connectivity index (χ0) is 12.2. The molecule has 0 radical (unpaired) electrons. The molecule has 17 heavy (non-hydrogen) atoms. The molecule has 4 nitrogen and oxygen atoms in total. The highest BCUT2D eigenvalue weighted by Crippen LogP contribution is 2.14. The highest BCUT2D eigenvalue weighted by molar-refractivity contribution is 6.30. The second-order valence-corrected chi connectivity index (χ2v) is 4.66. The van der Waals surface area contributed by atoms with Crippen molar-refractivity contribution in [3.05, 3.63) is 29.0 Å². The van der Waals surface area contributed by atoms with Gasteiger partial charge in [0.1, 0.15) is 5.15 Å². The number of nitrogens with two attached hydrogens (primary N) is 1. The van der Waals surface area contributed by atoms with Gasteiger partial charge in [-0.25, -0.2) is 4.98 Å². The molecule has 0 aromatic carbocycles. The standard InChI is InChI=1S/C11H16ClN3O.ClH/c1-11(2,10(13)16)7-14-6-8-4-3-5-15-9(8)12;/h3-5,14H,6-7H2,1-2H3,(H2,13,16);1H. The first-order valence-corrected chi connectivity index (χ1v) is 5.41. The monoisotopic (exact) mass is 277 g/mol. The Morgan fingerprint density at radius 2 is 2.24 bits per heavy atom. The Morgan fingerprint density at radius 1 is 1.59 bits per heavy atom. The Hall–Kier alpha value is -0.840. The SMILES string of the molecule is CC(C)(CNCc1cccnc1Cl)C(N)=O.Cl. The number of aromatic nitrogens is 1.